The van der Waals surface area contributed by atoms with Gasteiger partial charge in [-0.25, -0.2) is 0 Å². The normalized spacial score (nSPS) is 32.4. The fraction of sp³-hybridized carbons (Fsp3) is 1.00. The molecule has 1 rings (SSSR count). The second kappa shape index (κ2) is 6.56. The van der Waals surface area contributed by atoms with Gasteiger partial charge in [-0.3, -0.25) is 0 Å². The van der Waals surface area contributed by atoms with Gasteiger partial charge < -0.3 is 0 Å². The monoisotopic (exact) mass is 175 g/mol. The zero-order valence-electron chi connectivity index (χ0n) is 8.97. The van der Waals surface area contributed by atoms with E-state index in [9.17, 15) is 0 Å². The molecule has 0 aromatic carbocycles. The van der Waals surface area contributed by atoms with Crippen molar-refractivity contribution >= 4 is 15.1 Å². The van der Waals surface area contributed by atoms with E-state index < -0.39 is 0 Å². The molecule has 2 heteroatoms. The average Bonchev–Trinajstić information content (AvgIpc) is 2.16. The first-order chi connectivity index (χ1) is 6.33. The molecule has 0 unspecified atom stereocenters. The Hall–Kier alpha value is 0.130. The van der Waals surface area contributed by atoms with Gasteiger partial charge in [0.15, 0.2) is 0 Å². The molecule has 0 saturated heterocycles. The van der Waals surface area contributed by atoms with Crippen molar-refractivity contribution in [2.45, 2.75) is 69.8 Å². The molecule has 3 radical (unpaired) electrons. The largest absolute Gasteiger partial charge is 0.110 e. The molecular weight excluding hydrogens is 154 g/mol. The molecule has 0 heterocycles. The zero-order valence-corrected chi connectivity index (χ0v) is 8.97. The molecule has 13 heavy (non-hydrogen) atoms. The van der Waals surface area contributed by atoms with Gasteiger partial charge in [-0.15, -0.1) is 0 Å². The van der Waals surface area contributed by atoms with Gasteiger partial charge in [0.25, 0.3) is 0 Å². The van der Waals surface area contributed by atoms with E-state index in [-0.39, 0.29) is 0 Å². The molecule has 1 aliphatic carbocycles. The van der Waals surface area contributed by atoms with E-state index in [0.717, 1.165) is 5.82 Å². The fourth-order valence-corrected chi connectivity index (χ4v) is 2.25. The summed E-state index contributed by atoms with van der Waals surface area (Å²) in [6.07, 6.45) is 10.7. The molecule has 0 aliphatic heterocycles. The third-order valence-electron chi connectivity index (χ3n) is 3.27. The molecule has 0 atom stereocenters. The first-order valence-corrected chi connectivity index (χ1v) is 5.88. The highest BCUT2D eigenvalue weighted by Crippen LogP contribution is 2.27. The minimum Gasteiger partial charge on any atom is -0.0917 e. The first-order valence-electron chi connectivity index (χ1n) is 5.88. The van der Waals surface area contributed by atoms with Gasteiger partial charge >= 0.3 is 0 Å². The molecule has 1 fully saturated rings. The van der Waals surface area contributed by atoms with Gasteiger partial charge in [-0.05, 0) is 0 Å². The number of hydrogen-bond donors (Lipinski definition) is 0. The molecule has 1 saturated carbocycles. The summed E-state index contributed by atoms with van der Waals surface area (Å²) in [6.45, 7) is 2.21. The minimum absolute atomic E-state index is 0.488. The summed E-state index contributed by atoms with van der Waals surface area (Å²) in [5.74, 6) is 1.37. The number of rotatable bonds is 1. The molecule has 0 N–H and O–H groups in total. The van der Waals surface area contributed by atoms with Crippen LogP contribution in [0, 0.1) is 0 Å². The smallest absolute Gasteiger partial charge is 0.0917 e. The molecular formula is C11H21B2. The Labute approximate surface area is 85.5 Å². The van der Waals surface area contributed by atoms with Crippen LogP contribution in [0.5, 0.6) is 0 Å². The number of hydrogen-bond acceptors (Lipinski definition) is 0. The molecule has 0 aromatic rings. The molecule has 0 spiro atoms. The molecule has 0 amide bonds. The quantitative estimate of drug-likeness (QED) is 0.533. The lowest BCUT2D eigenvalue weighted by atomic mass is 9.62. The highest BCUT2D eigenvalue weighted by molar-refractivity contribution is 6.35. The highest BCUT2D eigenvalue weighted by Gasteiger charge is 2.10. The van der Waals surface area contributed by atoms with Gasteiger partial charge in [0, 0.05) is 0 Å². The van der Waals surface area contributed by atoms with Crippen LogP contribution >= 0.6 is 0 Å². The van der Waals surface area contributed by atoms with Crippen molar-refractivity contribution in [2.75, 3.05) is 0 Å². The fourth-order valence-electron chi connectivity index (χ4n) is 2.25. The van der Waals surface area contributed by atoms with E-state index in [1.165, 1.54) is 51.4 Å². The summed E-state index contributed by atoms with van der Waals surface area (Å²) in [5, 5.41) is 0. The first kappa shape index (κ1) is 11.2. The van der Waals surface area contributed by atoms with Crippen LogP contribution < -0.4 is 0 Å². The molecule has 71 valence electrons. The van der Waals surface area contributed by atoms with E-state index >= 15 is 0 Å². The Bertz CT molecular complexity index is 113. The minimum atomic E-state index is 0.488. The van der Waals surface area contributed by atoms with Crippen LogP contribution in [0.3, 0.4) is 0 Å². The third kappa shape index (κ3) is 4.78. The maximum atomic E-state index is 5.98. The lowest BCUT2D eigenvalue weighted by Gasteiger charge is -2.18. The summed E-state index contributed by atoms with van der Waals surface area (Å²) in [6, 6.07) is 0. The SMILES string of the molecule is [B]C1CCCCC([B]C)CCCC1. The predicted octanol–water partition coefficient (Wildman–Crippen LogP) is 3.62. The summed E-state index contributed by atoms with van der Waals surface area (Å²) in [7, 11) is 8.37. The van der Waals surface area contributed by atoms with Crippen molar-refractivity contribution in [3.63, 3.8) is 0 Å². The van der Waals surface area contributed by atoms with Crippen LogP contribution in [0.1, 0.15) is 51.4 Å². The van der Waals surface area contributed by atoms with E-state index in [1.807, 2.05) is 0 Å². The molecule has 0 aromatic heterocycles. The van der Waals surface area contributed by atoms with Crippen LogP contribution in [0.15, 0.2) is 0 Å². The lowest BCUT2D eigenvalue weighted by molar-refractivity contribution is 0.502. The maximum Gasteiger partial charge on any atom is 0.110 e. The van der Waals surface area contributed by atoms with Crippen molar-refractivity contribution in [1.82, 2.24) is 0 Å². The van der Waals surface area contributed by atoms with Gasteiger partial charge in [0.1, 0.15) is 7.28 Å². The van der Waals surface area contributed by atoms with Gasteiger partial charge in [-0.2, -0.15) is 0 Å². The van der Waals surface area contributed by atoms with E-state index in [4.69, 9.17) is 7.85 Å². The predicted molar refractivity (Wildman–Crippen MR) is 61.8 cm³/mol. The van der Waals surface area contributed by atoms with Crippen LogP contribution in [-0.2, 0) is 0 Å². The van der Waals surface area contributed by atoms with Crippen LogP contribution in [0.4, 0.5) is 0 Å². The third-order valence-corrected chi connectivity index (χ3v) is 3.27. The van der Waals surface area contributed by atoms with Crippen LogP contribution in [-0.4, -0.2) is 15.1 Å². The van der Waals surface area contributed by atoms with Crippen LogP contribution in [0.25, 0.3) is 0 Å². The van der Waals surface area contributed by atoms with Gasteiger partial charge in [0.05, 0.1) is 7.85 Å². The molecule has 0 nitrogen and oxygen atoms in total. The summed E-state index contributed by atoms with van der Waals surface area (Å²) in [5.41, 5.74) is 0. The van der Waals surface area contributed by atoms with Gasteiger partial charge in [-0.1, -0.05) is 69.8 Å². The Balaban J connectivity index is 2.24. The Morgan fingerprint density at radius 3 is 1.85 bits per heavy atom. The van der Waals surface area contributed by atoms with Crippen molar-refractivity contribution < 1.29 is 0 Å². The zero-order chi connectivity index (χ0) is 9.52. The van der Waals surface area contributed by atoms with E-state index in [0.29, 0.717) is 5.82 Å². The van der Waals surface area contributed by atoms with Gasteiger partial charge in [0.2, 0.25) is 0 Å². The van der Waals surface area contributed by atoms with Crippen LogP contribution in [0.2, 0.25) is 18.5 Å². The standard InChI is InChI=1S/C11H21B2/c1-13-11-8-4-2-6-10(12)7-3-5-9-11/h10-11H,2-9H2,1H3. The average molecular weight is 175 g/mol. The summed E-state index contributed by atoms with van der Waals surface area (Å²) < 4.78 is 0. The lowest BCUT2D eigenvalue weighted by Crippen LogP contribution is -2.03. The molecule has 0 bridgehead atoms. The molecule has 1 aliphatic rings. The Morgan fingerprint density at radius 2 is 1.38 bits per heavy atom. The highest BCUT2D eigenvalue weighted by atomic mass is 14.1. The Kier molecular flexibility index (Phi) is 5.66. The topological polar surface area (TPSA) is 0 Å². The van der Waals surface area contributed by atoms with Crippen molar-refractivity contribution in [2.24, 2.45) is 0 Å². The maximum absolute atomic E-state index is 5.98. The van der Waals surface area contributed by atoms with E-state index in [2.05, 4.69) is 14.1 Å². The van der Waals surface area contributed by atoms with Crippen molar-refractivity contribution in [3.05, 3.63) is 0 Å². The summed E-state index contributed by atoms with van der Waals surface area (Å²) >= 11 is 0. The second-order valence-corrected chi connectivity index (χ2v) is 4.42. The van der Waals surface area contributed by atoms with E-state index in [1.54, 1.807) is 0 Å². The summed E-state index contributed by atoms with van der Waals surface area (Å²) in [4.78, 5) is 0. The van der Waals surface area contributed by atoms with Crippen molar-refractivity contribution in [1.29, 1.82) is 0 Å². The van der Waals surface area contributed by atoms with Crippen molar-refractivity contribution in [3.8, 4) is 0 Å². The Morgan fingerprint density at radius 1 is 0.923 bits per heavy atom. The second-order valence-electron chi connectivity index (χ2n) is 4.42.